The van der Waals surface area contributed by atoms with Crippen LogP contribution in [0.4, 0.5) is 0 Å². The molecule has 2 aromatic rings. The van der Waals surface area contributed by atoms with E-state index in [2.05, 4.69) is 48.0 Å². The van der Waals surface area contributed by atoms with Gasteiger partial charge in [0.1, 0.15) is 12.7 Å². The van der Waals surface area contributed by atoms with E-state index in [1.807, 2.05) is 12.1 Å². The quantitative estimate of drug-likeness (QED) is 0.798. The second-order valence-electron chi connectivity index (χ2n) is 2.75. The molecule has 72 valence electrons. The number of halogens is 2. The van der Waals surface area contributed by atoms with Crippen molar-refractivity contribution in [2.75, 3.05) is 0 Å². The Bertz CT molecular complexity index is 426. The molecule has 0 unspecified atom stereocenters. The van der Waals surface area contributed by atoms with Crippen molar-refractivity contribution in [2.24, 2.45) is 0 Å². The van der Waals surface area contributed by atoms with E-state index in [4.69, 9.17) is 0 Å². The topological polar surface area (TPSA) is 30.7 Å². The highest BCUT2D eigenvalue weighted by Gasteiger charge is 2.04. The SMILES string of the molecule is BrCc1cc(Br)ccc1-n1cncn1. The number of rotatable bonds is 2. The van der Waals surface area contributed by atoms with E-state index in [1.165, 1.54) is 11.9 Å². The fraction of sp³-hybridized carbons (Fsp3) is 0.111. The first-order valence-corrected chi connectivity index (χ1v) is 5.92. The molecule has 0 amide bonds. The smallest absolute Gasteiger partial charge is 0.138 e. The van der Waals surface area contributed by atoms with Crippen molar-refractivity contribution in [3.05, 3.63) is 40.9 Å². The lowest BCUT2D eigenvalue weighted by atomic mass is 10.2. The molecular weight excluding hydrogens is 310 g/mol. The first-order valence-electron chi connectivity index (χ1n) is 4.00. The average Bonchev–Trinajstić information content (AvgIpc) is 2.70. The fourth-order valence-corrected chi connectivity index (χ4v) is 2.07. The van der Waals surface area contributed by atoms with Crippen molar-refractivity contribution < 1.29 is 0 Å². The van der Waals surface area contributed by atoms with Gasteiger partial charge in [-0.25, -0.2) is 9.67 Å². The van der Waals surface area contributed by atoms with Gasteiger partial charge in [0.25, 0.3) is 0 Å². The van der Waals surface area contributed by atoms with Crippen LogP contribution in [0.3, 0.4) is 0 Å². The molecule has 5 heteroatoms. The highest BCUT2D eigenvalue weighted by Crippen LogP contribution is 2.21. The van der Waals surface area contributed by atoms with Crippen molar-refractivity contribution in [1.82, 2.24) is 14.8 Å². The summed E-state index contributed by atoms with van der Waals surface area (Å²) in [6.45, 7) is 0. The summed E-state index contributed by atoms with van der Waals surface area (Å²) in [4.78, 5) is 3.92. The second kappa shape index (κ2) is 4.23. The minimum Gasteiger partial charge on any atom is -0.223 e. The Hall–Kier alpha value is -0.680. The number of benzene rings is 1. The first-order chi connectivity index (χ1) is 6.81. The molecule has 0 aliphatic rings. The lowest BCUT2D eigenvalue weighted by Crippen LogP contribution is -1.98. The third-order valence-corrected chi connectivity index (χ3v) is 2.95. The zero-order valence-electron chi connectivity index (χ0n) is 7.19. The Morgan fingerprint density at radius 1 is 1.36 bits per heavy atom. The molecular formula is C9H7Br2N3. The van der Waals surface area contributed by atoms with Crippen LogP contribution in [-0.2, 0) is 5.33 Å². The molecule has 0 saturated carbocycles. The third-order valence-electron chi connectivity index (χ3n) is 1.85. The molecule has 3 nitrogen and oxygen atoms in total. The standard InChI is InChI=1S/C9H7Br2N3/c10-4-7-3-8(11)1-2-9(7)14-6-12-5-13-14/h1-3,5-6H,4H2. The van der Waals surface area contributed by atoms with Crippen molar-refractivity contribution >= 4 is 31.9 Å². The van der Waals surface area contributed by atoms with Gasteiger partial charge in [-0.1, -0.05) is 31.9 Å². The fourth-order valence-electron chi connectivity index (χ4n) is 1.22. The molecule has 0 bridgehead atoms. The Balaban J connectivity index is 2.53. The van der Waals surface area contributed by atoms with Gasteiger partial charge in [0, 0.05) is 9.80 Å². The molecule has 0 aliphatic heterocycles. The molecule has 1 aromatic carbocycles. The minimum absolute atomic E-state index is 0.793. The predicted octanol–water partition coefficient (Wildman–Crippen LogP) is 2.92. The minimum atomic E-state index is 0.793. The molecule has 0 aliphatic carbocycles. The number of hydrogen-bond donors (Lipinski definition) is 0. The summed E-state index contributed by atoms with van der Waals surface area (Å²) in [6.07, 6.45) is 3.22. The van der Waals surface area contributed by atoms with Crippen LogP contribution in [0.2, 0.25) is 0 Å². The molecule has 0 saturated heterocycles. The third kappa shape index (κ3) is 1.88. The van der Waals surface area contributed by atoms with Crippen LogP contribution >= 0.6 is 31.9 Å². The van der Waals surface area contributed by atoms with Crippen LogP contribution < -0.4 is 0 Å². The summed E-state index contributed by atoms with van der Waals surface area (Å²) in [5, 5.41) is 4.89. The highest BCUT2D eigenvalue weighted by atomic mass is 79.9. The first kappa shape index (κ1) is 9.86. The van der Waals surface area contributed by atoms with Crippen LogP contribution in [0, 0.1) is 0 Å². The molecule has 0 N–H and O–H groups in total. The normalized spacial score (nSPS) is 10.4. The van der Waals surface area contributed by atoms with Crippen LogP contribution in [-0.4, -0.2) is 14.8 Å². The van der Waals surface area contributed by atoms with Crippen LogP contribution in [0.15, 0.2) is 35.3 Å². The molecule has 14 heavy (non-hydrogen) atoms. The summed E-state index contributed by atoms with van der Waals surface area (Å²) in [5.41, 5.74) is 2.22. The lowest BCUT2D eigenvalue weighted by molar-refractivity contribution is 0.870. The molecule has 1 aromatic heterocycles. The Morgan fingerprint density at radius 3 is 2.86 bits per heavy atom. The van der Waals surface area contributed by atoms with Gasteiger partial charge >= 0.3 is 0 Å². The van der Waals surface area contributed by atoms with E-state index in [-0.39, 0.29) is 0 Å². The van der Waals surface area contributed by atoms with Gasteiger partial charge in [0.15, 0.2) is 0 Å². The maximum atomic E-state index is 4.09. The largest absolute Gasteiger partial charge is 0.223 e. The van der Waals surface area contributed by atoms with E-state index >= 15 is 0 Å². The van der Waals surface area contributed by atoms with E-state index in [0.29, 0.717) is 0 Å². The van der Waals surface area contributed by atoms with Crippen molar-refractivity contribution in [3.8, 4) is 5.69 Å². The van der Waals surface area contributed by atoms with Crippen molar-refractivity contribution in [1.29, 1.82) is 0 Å². The summed E-state index contributed by atoms with van der Waals surface area (Å²) in [5.74, 6) is 0. The maximum Gasteiger partial charge on any atom is 0.138 e. The van der Waals surface area contributed by atoms with Gasteiger partial charge in [0.05, 0.1) is 5.69 Å². The number of aromatic nitrogens is 3. The van der Waals surface area contributed by atoms with Gasteiger partial charge in [0.2, 0.25) is 0 Å². The van der Waals surface area contributed by atoms with Crippen molar-refractivity contribution in [3.63, 3.8) is 0 Å². The van der Waals surface area contributed by atoms with E-state index in [9.17, 15) is 0 Å². The predicted molar refractivity (Wildman–Crippen MR) is 61.7 cm³/mol. The van der Waals surface area contributed by atoms with Crippen molar-refractivity contribution in [2.45, 2.75) is 5.33 Å². The summed E-state index contributed by atoms with van der Waals surface area (Å²) in [6, 6.07) is 6.06. The Morgan fingerprint density at radius 2 is 2.21 bits per heavy atom. The molecule has 0 radical (unpaired) electrons. The van der Waals surface area contributed by atoms with Crippen LogP contribution in [0.1, 0.15) is 5.56 Å². The molecule has 2 rings (SSSR count). The highest BCUT2D eigenvalue weighted by molar-refractivity contribution is 9.10. The van der Waals surface area contributed by atoms with Gasteiger partial charge in [-0.2, -0.15) is 5.10 Å². The maximum absolute atomic E-state index is 4.09. The zero-order chi connectivity index (χ0) is 9.97. The number of nitrogens with zero attached hydrogens (tertiary/aromatic N) is 3. The zero-order valence-corrected chi connectivity index (χ0v) is 10.4. The van der Waals surface area contributed by atoms with Gasteiger partial charge in [-0.15, -0.1) is 0 Å². The Labute approximate surface area is 98.4 Å². The summed E-state index contributed by atoms with van der Waals surface area (Å²) >= 11 is 6.88. The molecule has 0 spiro atoms. The number of alkyl halides is 1. The van der Waals surface area contributed by atoms with Gasteiger partial charge < -0.3 is 0 Å². The summed E-state index contributed by atoms with van der Waals surface area (Å²) in [7, 11) is 0. The summed E-state index contributed by atoms with van der Waals surface area (Å²) < 4.78 is 2.82. The number of hydrogen-bond acceptors (Lipinski definition) is 2. The monoisotopic (exact) mass is 315 g/mol. The molecule has 0 fully saturated rings. The van der Waals surface area contributed by atoms with E-state index in [1.54, 1.807) is 11.0 Å². The van der Waals surface area contributed by atoms with E-state index in [0.717, 1.165) is 15.5 Å². The van der Waals surface area contributed by atoms with Crippen LogP contribution in [0.25, 0.3) is 5.69 Å². The Kier molecular flexibility index (Phi) is 2.98. The lowest BCUT2D eigenvalue weighted by Gasteiger charge is -2.06. The van der Waals surface area contributed by atoms with Gasteiger partial charge in [-0.3, -0.25) is 0 Å². The van der Waals surface area contributed by atoms with Crippen LogP contribution in [0.5, 0.6) is 0 Å². The molecule has 1 heterocycles. The average molecular weight is 317 g/mol. The molecule has 0 atom stereocenters. The van der Waals surface area contributed by atoms with E-state index < -0.39 is 0 Å². The second-order valence-corrected chi connectivity index (χ2v) is 4.22. The van der Waals surface area contributed by atoms with Gasteiger partial charge in [-0.05, 0) is 23.8 Å².